The number of fused-ring (bicyclic) bond motifs is 1. The second-order valence-corrected chi connectivity index (χ2v) is 1.82. The fourth-order valence-electron chi connectivity index (χ4n) is 0.803. The molecule has 0 aliphatic carbocycles. The summed E-state index contributed by atoms with van der Waals surface area (Å²) >= 11 is 0. The number of benzene rings is 1. The SMILES string of the molecule is Cl.Cl.c1ccc2ocnc2c1. The van der Waals surface area contributed by atoms with Gasteiger partial charge in [0.2, 0.25) is 0 Å². The van der Waals surface area contributed by atoms with Crippen LogP contribution in [0.5, 0.6) is 0 Å². The van der Waals surface area contributed by atoms with Gasteiger partial charge in [-0.05, 0) is 12.1 Å². The number of rotatable bonds is 0. The summed E-state index contributed by atoms with van der Waals surface area (Å²) in [5, 5.41) is 0. The molecule has 0 spiro atoms. The molecule has 0 aliphatic heterocycles. The Balaban J connectivity index is 0.000000500. The van der Waals surface area contributed by atoms with E-state index in [-0.39, 0.29) is 24.8 Å². The zero-order chi connectivity index (χ0) is 6.10. The van der Waals surface area contributed by atoms with E-state index in [0.29, 0.717) is 0 Å². The molecule has 1 heterocycles. The molecule has 1 aromatic carbocycles. The number of hydrogen-bond acceptors (Lipinski definition) is 2. The van der Waals surface area contributed by atoms with Crippen LogP contribution in [0, 0.1) is 0 Å². The van der Waals surface area contributed by atoms with Gasteiger partial charge in [-0.3, -0.25) is 0 Å². The van der Waals surface area contributed by atoms with Gasteiger partial charge in [0, 0.05) is 0 Å². The third-order valence-corrected chi connectivity index (χ3v) is 1.24. The van der Waals surface area contributed by atoms with Crippen LogP contribution in [0.3, 0.4) is 0 Å². The Hall–Kier alpha value is -0.730. The number of oxazole rings is 1. The molecule has 60 valence electrons. The van der Waals surface area contributed by atoms with E-state index in [9.17, 15) is 0 Å². The quantitative estimate of drug-likeness (QED) is 0.641. The Bertz CT molecular complexity index is 290. The first-order valence-corrected chi connectivity index (χ1v) is 2.75. The van der Waals surface area contributed by atoms with Gasteiger partial charge in [0.05, 0.1) is 0 Å². The van der Waals surface area contributed by atoms with Crippen molar-refractivity contribution in [2.75, 3.05) is 0 Å². The zero-order valence-corrected chi connectivity index (χ0v) is 7.19. The van der Waals surface area contributed by atoms with Crippen LogP contribution in [-0.2, 0) is 0 Å². The van der Waals surface area contributed by atoms with Crippen molar-refractivity contribution in [2.24, 2.45) is 0 Å². The highest BCUT2D eigenvalue weighted by atomic mass is 35.5. The number of nitrogens with zero attached hydrogens (tertiary/aromatic N) is 1. The highest BCUT2D eigenvalue weighted by Crippen LogP contribution is 2.09. The van der Waals surface area contributed by atoms with Crippen LogP contribution in [0.15, 0.2) is 35.1 Å². The number of halogens is 2. The lowest BCUT2D eigenvalue weighted by Gasteiger charge is -1.79. The maximum Gasteiger partial charge on any atom is 0.181 e. The lowest BCUT2D eigenvalue weighted by atomic mass is 10.3. The minimum Gasteiger partial charge on any atom is -0.443 e. The van der Waals surface area contributed by atoms with Gasteiger partial charge in [0.1, 0.15) is 5.52 Å². The smallest absolute Gasteiger partial charge is 0.181 e. The molecule has 0 amide bonds. The standard InChI is InChI=1S/C7H5NO.2ClH/c1-2-4-7-6(3-1)8-5-9-7;;/h1-5H;2*1H. The zero-order valence-electron chi connectivity index (χ0n) is 5.56. The molecule has 0 N–H and O–H groups in total. The summed E-state index contributed by atoms with van der Waals surface area (Å²) < 4.78 is 5.01. The molecule has 2 rings (SSSR count). The van der Waals surface area contributed by atoms with Gasteiger partial charge < -0.3 is 4.42 Å². The van der Waals surface area contributed by atoms with Crippen molar-refractivity contribution in [3.63, 3.8) is 0 Å². The average Bonchev–Trinajstić information content (AvgIpc) is 2.33. The predicted molar refractivity (Wildman–Crippen MR) is 48.5 cm³/mol. The van der Waals surface area contributed by atoms with E-state index in [2.05, 4.69) is 4.98 Å². The summed E-state index contributed by atoms with van der Waals surface area (Å²) in [5.74, 6) is 0. The van der Waals surface area contributed by atoms with Crippen LogP contribution < -0.4 is 0 Å². The molecule has 0 aliphatic rings. The molecule has 0 radical (unpaired) electrons. The normalized spacial score (nSPS) is 8.36. The van der Waals surface area contributed by atoms with Gasteiger partial charge in [-0.1, -0.05) is 12.1 Å². The minimum atomic E-state index is 0. The molecule has 0 unspecified atom stereocenters. The van der Waals surface area contributed by atoms with Crippen LogP contribution in [0.25, 0.3) is 11.1 Å². The van der Waals surface area contributed by atoms with Gasteiger partial charge >= 0.3 is 0 Å². The van der Waals surface area contributed by atoms with Crippen molar-refractivity contribution in [3.8, 4) is 0 Å². The molecule has 2 aromatic rings. The molecule has 11 heavy (non-hydrogen) atoms. The summed E-state index contributed by atoms with van der Waals surface area (Å²) in [6.45, 7) is 0. The van der Waals surface area contributed by atoms with Gasteiger partial charge in [0.15, 0.2) is 12.0 Å². The van der Waals surface area contributed by atoms with Crippen molar-refractivity contribution in [2.45, 2.75) is 0 Å². The van der Waals surface area contributed by atoms with Gasteiger partial charge in [-0.25, -0.2) is 4.98 Å². The molecular weight excluding hydrogens is 185 g/mol. The fraction of sp³-hybridized carbons (Fsp3) is 0. The Morgan fingerprint density at radius 2 is 1.82 bits per heavy atom. The molecule has 4 heteroatoms. The van der Waals surface area contributed by atoms with Crippen LogP contribution in [0.4, 0.5) is 0 Å². The second-order valence-electron chi connectivity index (χ2n) is 1.82. The van der Waals surface area contributed by atoms with Crippen molar-refractivity contribution in [3.05, 3.63) is 30.7 Å². The lowest BCUT2D eigenvalue weighted by Crippen LogP contribution is -1.61. The first-order chi connectivity index (χ1) is 4.47. The van der Waals surface area contributed by atoms with Crippen LogP contribution in [-0.4, -0.2) is 4.98 Å². The van der Waals surface area contributed by atoms with E-state index >= 15 is 0 Å². The Morgan fingerprint density at radius 3 is 2.55 bits per heavy atom. The minimum absolute atomic E-state index is 0. The molecule has 0 atom stereocenters. The van der Waals surface area contributed by atoms with Crippen molar-refractivity contribution < 1.29 is 4.42 Å². The molecule has 0 fully saturated rings. The van der Waals surface area contributed by atoms with E-state index in [0.717, 1.165) is 11.1 Å². The Kier molecular flexibility index (Phi) is 3.93. The molecular formula is C7H7Cl2NO. The summed E-state index contributed by atoms with van der Waals surface area (Å²) in [6.07, 6.45) is 1.45. The second kappa shape index (κ2) is 4.21. The van der Waals surface area contributed by atoms with Crippen LogP contribution in [0.1, 0.15) is 0 Å². The molecule has 0 bridgehead atoms. The number of aromatic nitrogens is 1. The van der Waals surface area contributed by atoms with E-state index in [1.54, 1.807) is 0 Å². The average molecular weight is 192 g/mol. The topological polar surface area (TPSA) is 26.0 Å². The lowest BCUT2D eigenvalue weighted by molar-refractivity contribution is 0.602. The summed E-state index contributed by atoms with van der Waals surface area (Å²) in [5.41, 5.74) is 1.76. The molecule has 1 aromatic heterocycles. The monoisotopic (exact) mass is 191 g/mol. The van der Waals surface area contributed by atoms with Crippen molar-refractivity contribution >= 4 is 35.9 Å². The van der Waals surface area contributed by atoms with Crippen molar-refractivity contribution in [1.82, 2.24) is 4.98 Å². The third-order valence-electron chi connectivity index (χ3n) is 1.24. The maximum absolute atomic E-state index is 5.01. The number of para-hydroxylation sites is 2. The largest absolute Gasteiger partial charge is 0.443 e. The first kappa shape index (κ1) is 10.3. The maximum atomic E-state index is 5.01. The summed E-state index contributed by atoms with van der Waals surface area (Å²) in [6, 6.07) is 7.67. The van der Waals surface area contributed by atoms with Gasteiger partial charge in [-0.2, -0.15) is 0 Å². The van der Waals surface area contributed by atoms with Crippen LogP contribution >= 0.6 is 24.8 Å². The van der Waals surface area contributed by atoms with E-state index in [1.807, 2.05) is 24.3 Å². The summed E-state index contributed by atoms with van der Waals surface area (Å²) in [4.78, 5) is 3.95. The van der Waals surface area contributed by atoms with E-state index < -0.39 is 0 Å². The number of hydrogen-bond donors (Lipinski definition) is 0. The molecule has 0 saturated heterocycles. The Labute approximate surface area is 76.4 Å². The van der Waals surface area contributed by atoms with E-state index in [1.165, 1.54) is 6.39 Å². The summed E-state index contributed by atoms with van der Waals surface area (Å²) in [7, 11) is 0. The third kappa shape index (κ3) is 1.85. The van der Waals surface area contributed by atoms with E-state index in [4.69, 9.17) is 4.42 Å². The van der Waals surface area contributed by atoms with Gasteiger partial charge in [0.25, 0.3) is 0 Å². The van der Waals surface area contributed by atoms with Crippen LogP contribution in [0.2, 0.25) is 0 Å². The highest BCUT2D eigenvalue weighted by molar-refractivity contribution is 5.85. The highest BCUT2D eigenvalue weighted by Gasteiger charge is 1.91. The first-order valence-electron chi connectivity index (χ1n) is 2.75. The van der Waals surface area contributed by atoms with Crippen molar-refractivity contribution in [1.29, 1.82) is 0 Å². The molecule has 2 nitrogen and oxygen atoms in total. The van der Waals surface area contributed by atoms with Gasteiger partial charge in [-0.15, -0.1) is 24.8 Å². The fourth-order valence-corrected chi connectivity index (χ4v) is 0.803. The predicted octanol–water partition coefficient (Wildman–Crippen LogP) is 2.67. The Morgan fingerprint density at radius 1 is 1.09 bits per heavy atom. The molecule has 0 saturated carbocycles.